The van der Waals surface area contributed by atoms with Gasteiger partial charge in [0.25, 0.3) is 0 Å². The van der Waals surface area contributed by atoms with E-state index in [1.165, 1.54) is 13.8 Å². The van der Waals surface area contributed by atoms with Crippen LogP contribution in [-0.2, 0) is 47.8 Å². The van der Waals surface area contributed by atoms with Gasteiger partial charge in [-0.2, -0.15) is 0 Å². The van der Waals surface area contributed by atoms with Crippen LogP contribution in [0.3, 0.4) is 0 Å². The van der Waals surface area contributed by atoms with E-state index >= 15 is 0 Å². The third-order valence-corrected chi connectivity index (χ3v) is 6.57. The summed E-state index contributed by atoms with van der Waals surface area (Å²) < 4.78 is 16.4. The lowest BCUT2D eigenvalue weighted by molar-refractivity contribution is -0.127. The second kappa shape index (κ2) is 28.8. The van der Waals surface area contributed by atoms with Crippen LogP contribution in [0.4, 0.5) is 0 Å². The fourth-order valence-corrected chi connectivity index (χ4v) is 4.16. The molecule has 258 valence electrons. The fourth-order valence-electron chi connectivity index (χ4n) is 4.16. The number of Topliss-reactive ketones (excluding diaryl/α,β-unsaturated/α-hetero) is 6. The fraction of sp³-hybridized carbons (Fsp3) is 0.788. The van der Waals surface area contributed by atoms with E-state index < -0.39 is 0 Å². The Labute approximate surface area is 268 Å². The molecule has 0 saturated carbocycles. The first-order valence-corrected chi connectivity index (χ1v) is 16.3. The van der Waals surface area contributed by atoms with E-state index in [0.717, 1.165) is 6.42 Å². The second-order valence-corrected chi connectivity index (χ2v) is 11.3. The number of carbonyl (C=O) groups excluding carboxylic acids is 7. The van der Waals surface area contributed by atoms with Crippen LogP contribution in [0.15, 0.2) is 0 Å². The summed E-state index contributed by atoms with van der Waals surface area (Å²) in [5.74, 6) is -0.437. The molecule has 0 aromatic heterocycles. The van der Waals surface area contributed by atoms with E-state index in [9.17, 15) is 33.6 Å². The number of hydrogen-bond donors (Lipinski definition) is 1. The lowest BCUT2D eigenvalue weighted by atomic mass is 10.1. The van der Waals surface area contributed by atoms with Gasteiger partial charge in [-0.15, -0.1) is 0 Å². The van der Waals surface area contributed by atoms with Crippen LogP contribution in [0.2, 0.25) is 0 Å². The number of hydrogen-bond acceptors (Lipinski definition) is 11. The van der Waals surface area contributed by atoms with Gasteiger partial charge < -0.3 is 29.1 Å². The van der Waals surface area contributed by atoms with Gasteiger partial charge in [0.05, 0.1) is 26.2 Å². The highest BCUT2D eigenvalue weighted by molar-refractivity contribution is 5.86. The van der Waals surface area contributed by atoms with Crippen molar-refractivity contribution in [3.63, 3.8) is 0 Å². The Balaban J connectivity index is 4.43. The highest BCUT2D eigenvalue weighted by Crippen LogP contribution is 2.04. The Morgan fingerprint density at radius 3 is 1.29 bits per heavy atom. The highest BCUT2D eigenvalue weighted by atomic mass is 16.5. The van der Waals surface area contributed by atoms with E-state index in [1.54, 1.807) is 4.90 Å². The molecular weight excluding hydrogens is 584 g/mol. The predicted molar refractivity (Wildman–Crippen MR) is 169 cm³/mol. The third-order valence-electron chi connectivity index (χ3n) is 6.57. The first-order valence-electron chi connectivity index (χ1n) is 16.3. The Bertz CT molecular complexity index is 848. The van der Waals surface area contributed by atoms with Crippen LogP contribution in [0, 0.1) is 0 Å². The average Bonchev–Trinajstić information content (AvgIpc) is 2.97. The van der Waals surface area contributed by atoms with Crippen molar-refractivity contribution < 1.29 is 47.8 Å². The van der Waals surface area contributed by atoms with Gasteiger partial charge >= 0.3 is 0 Å². The Hall–Kier alpha value is -2.67. The summed E-state index contributed by atoms with van der Waals surface area (Å²) in [6, 6.07) is 0. The molecule has 1 N–H and O–H groups in total. The number of amides is 1. The Kier molecular flexibility index (Phi) is 27.1. The lowest BCUT2D eigenvalue weighted by Gasteiger charge is -2.20. The smallest absolute Gasteiger partial charge is 0.234 e. The Morgan fingerprint density at radius 1 is 0.489 bits per heavy atom. The van der Waals surface area contributed by atoms with Crippen molar-refractivity contribution >= 4 is 40.6 Å². The van der Waals surface area contributed by atoms with Crippen LogP contribution in [0.5, 0.6) is 0 Å². The summed E-state index contributed by atoms with van der Waals surface area (Å²) in [4.78, 5) is 84.6. The summed E-state index contributed by atoms with van der Waals surface area (Å²) in [6.45, 7) is 7.59. The number of nitrogens with zero attached hydrogens (tertiary/aromatic N) is 1. The maximum absolute atomic E-state index is 12.6. The summed E-state index contributed by atoms with van der Waals surface area (Å²) in [7, 11) is 0. The minimum absolute atomic E-state index is 0.00333. The van der Waals surface area contributed by atoms with Gasteiger partial charge in [-0.05, 0) is 46.0 Å². The van der Waals surface area contributed by atoms with Crippen molar-refractivity contribution in [3.8, 4) is 0 Å². The summed E-state index contributed by atoms with van der Waals surface area (Å²) >= 11 is 0. The van der Waals surface area contributed by atoms with Gasteiger partial charge in [0.1, 0.15) is 34.7 Å². The predicted octanol–water partition coefficient (Wildman–Crippen LogP) is 3.00. The molecule has 1 amide bonds. The first-order chi connectivity index (χ1) is 21.5. The van der Waals surface area contributed by atoms with Crippen LogP contribution < -0.4 is 5.32 Å². The molecule has 45 heavy (non-hydrogen) atoms. The van der Waals surface area contributed by atoms with Crippen molar-refractivity contribution in [1.29, 1.82) is 0 Å². The molecule has 0 rings (SSSR count). The molecule has 0 aliphatic rings. The van der Waals surface area contributed by atoms with Gasteiger partial charge in [0, 0.05) is 90.9 Å². The van der Waals surface area contributed by atoms with Crippen LogP contribution in [0.25, 0.3) is 0 Å². The van der Waals surface area contributed by atoms with Crippen molar-refractivity contribution in [2.75, 3.05) is 65.8 Å². The molecule has 0 spiro atoms. The summed E-state index contributed by atoms with van der Waals surface area (Å²) in [5, 5.41) is 2.76. The maximum atomic E-state index is 12.6. The lowest BCUT2D eigenvalue weighted by Crippen LogP contribution is -2.43. The zero-order valence-electron chi connectivity index (χ0n) is 27.8. The molecular formula is C33H56N2O10. The van der Waals surface area contributed by atoms with E-state index in [0.29, 0.717) is 84.7 Å². The number of ketones is 6. The molecule has 0 aromatic carbocycles. The number of ether oxygens (including phenoxy) is 3. The molecule has 0 aliphatic heterocycles. The van der Waals surface area contributed by atoms with E-state index in [4.69, 9.17) is 14.2 Å². The van der Waals surface area contributed by atoms with Crippen LogP contribution in [-0.4, -0.2) is 111 Å². The molecule has 0 aliphatic carbocycles. The van der Waals surface area contributed by atoms with E-state index in [2.05, 4.69) is 5.32 Å². The van der Waals surface area contributed by atoms with Crippen molar-refractivity contribution in [2.24, 2.45) is 0 Å². The maximum Gasteiger partial charge on any atom is 0.234 e. The monoisotopic (exact) mass is 640 g/mol. The van der Waals surface area contributed by atoms with Crippen molar-refractivity contribution in [3.05, 3.63) is 0 Å². The van der Waals surface area contributed by atoms with Gasteiger partial charge in [-0.25, -0.2) is 0 Å². The van der Waals surface area contributed by atoms with Crippen molar-refractivity contribution in [1.82, 2.24) is 10.2 Å². The quantitative estimate of drug-likeness (QED) is 0.105. The van der Waals surface area contributed by atoms with Gasteiger partial charge in [0.2, 0.25) is 5.91 Å². The zero-order chi connectivity index (χ0) is 33.7. The molecule has 0 radical (unpaired) electrons. The molecule has 0 atom stereocenters. The van der Waals surface area contributed by atoms with E-state index in [1.807, 2.05) is 6.92 Å². The highest BCUT2D eigenvalue weighted by Gasteiger charge is 2.18. The molecule has 0 unspecified atom stereocenters. The van der Waals surface area contributed by atoms with Crippen molar-refractivity contribution in [2.45, 2.75) is 104 Å². The van der Waals surface area contributed by atoms with Gasteiger partial charge in [-0.1, -0.05) is 6.92 Å². The molecule has 12 heteroatoms. The largest absolute Gasteiger partial charge is 0.381 e. The first kappa shape index (κ1) is 42.3. The Morgan fingerprint density at radius 2 is 0.889 bits per heavy atom. The zero-order valence-corrected chi connectivity index (χ0v) is 27.8. The number of rotatable bonds is 33. The number of carbonyl (C=O) groups is 7. The normalized spacial score (nSPS) is 11.0. The minimum atomic E-state index is -0.293. The van der Waals surface area contributed by atoms with Crippen LogP contribution in [0.1, 0.15) is 104 Å². The molecule has 0 heterocycles. The second-order valence-electron chi connectivity index (χ2n) is 11.3. The molecule has 0 saturated heterocycles. The SMILES string of the molecule is CCCOCCNC(=O)CN(CC(=O)CCCOCCCC(=O)CCC(C)=O)CC(=O)CCCOCCCC(=O)CCC(C)=O. The molecule has 0 aromatic rings. The molecule has 0 bridgehead atoms. The topological polar surface area (TPSA) is 162 Å². The average molecular weight is 641 g/mol. The summed E-state index contributed by atoms with van der Waals surface area (Å²) in [6.07, 6.45) is 5.22. The number of nitrogens with one attached hydrogen (secondary N) is 1. The molecule has 12 nitrogen and oxygen atoms in total. The van der Waals surface area contributed by atoms with Gasteiger partial charge in [-0.3, -0.25) is 28.9 Å². The van der Waals surface area contributed by atoms with Gasteiger partial charge in [0.15, 0.2) is 0 Å². The van der Waals surface area contributed by atoms with Crippen LogP contribution >= 0.6 is 0 Å². The summed E-state index contributed by atoms with van der Waals surface area (Å²) in [5.41, 5.74) is 0. The third kappa shape index (κ3) is 29.8. The standard InChI is InChI=1S/C33H56N2O10/c1-4-18-43-23-17-34-33(42)26-35(24-31(40)11-7-21-44-19-5-9-29(38)15-13-27(2)36)25-32(41)12-8-22-45-20-6-10-30(39)16-14-28(3)37/h4-26H2,1-3H3,(H,34,42). The molecule has 0 fully saturated rings. The minimum Gasteiger partial charge on any atom is -0.381 e. The van der Waals surface area contributed by atoms with E-state index in [-0.39, 0.29) is 98.8 Å².